The summed E-state index contributed by atoms with van der Waals surface area (Å²) in [5.41, 5.74) is 5.39. The quantitative estimate of drug-likeness (QED) is 0.557. The summed E-state index contributed by atoms with van der Waals surface area (Å²) >= 11 is 2.97. The van der Waals surface area contributed by atoms with Gasteiger partial charge in [-0.2, -0.15) is 0 Å². The van der Waals surface area contributed by atoms with Crippen molar-refractivity contribution >= 4 is 27.7 Å². The fraction of sp³-hybridized carbons (Fsp3) is 0.250. The van der Waals surface area contributed by atoms with E-state index < -0.39 is 4.92 Å². The van der Waals surface area contributed by atoms with E-state index in [9.17, 15) is 10.1 Å². The van der Waals surface area contributed by atoms with Crippen LogP contribution >= 0.6 is 15.9 Å². The van der Waals surface area contributed by atoms with E-state index in [1.54, 1.807) is 0 Å². The molecule has 1 aromatic heterocycles. The number of imidazole rings is 1. The van der Waals surface area contributed by atoms with Crippen molar-refractivity contribution in [2.75, 3.05) is 5.73 Å². The van der Waals surface area contributed by atoms with E-state index in [4.69, 9.17) is 5.73 Å². The maximum Gasteiger partial charge on any atom is 0.437 e. The number of nitrogens with two attached hydrogens (primary N) is 1. The Balaban J connectivity index is 3.29. The summed E-state index contributed by atoms with van der Waals surface area (Å²) in [5, 5.41) is 10.2. The minimum Gasteiger partial charge on any atom is -0.390 e. The summed E-state index contributed by atoms with van der Waals surface area (Å²) in [6.45, 7) is 0. The Bertz CT molecular complexity index is 307. The molecule has 1 aromatic rings. The van der Waals surface area contributed by atoms with Gasteiger partial charge in [-0.05, 0) is 20.9 Å². The molecule has 0 unspecified atom stereocenters. The molecular weight excluding hydrogens is 216 g/mol. The molecular formula is C4H5BrN4O2. The lowest BCUT2D eigenvalue weighted by atomic mass is 10.8. The molecule has 0 saturated heterocycles. The number of nitro groups is 1. The first-order chi connectivity index (χ1) is 5.04. The fourth-order valence-corrected chi connectivity index (χ4v) is 1.05. The average molecular weight is 221 g/mol. The second-order valence-corrected chi connectivity index (χ2v) is 2.66. The topological polar surface area (TPSA) is 87.0 Å². The number of anilines is 1. The van der Waals surface area contributed by atoms with E-state index in [0.717, 1.165) is 0 Å². The van der Waals surface area contributed by atoms with Crippen molar-refractivity contribution in [1.82, 2.24) is 9.55 Å². The van der Waals surface area contributed by atoms with E-state index in [-0.39, 0.29) is 11.8 Å². The van der Waals surface area contributed by atoms with Crippen molar-refractivity contribution < 1.29 is 4.92 Å². The molecule has 0 fully saturated rings. The second-order valence-electron chi connectivity index (χ2n) is 1.90. The third-order valence-electron chi connectivity index (χ3n) is 1.23. The van der Waals surface area contributed by atoms with Gasteiger partial charge in [0.15, 0.2) is 0 Å². The van der Waals surface area contributed by atoms with Crippen molar-refractivity contribution in [2.24, 2.45) is 7.05 Å². The largest absolute Gasteiger partial charge is 0.437 e. The van der Waals surface area contributed by atoms with Gasteiger partial charge < -0.3 is 15.8 Å². The third kappa shape index (κ3) is 1.18. The van der Waals surface area contributed by atoms with E-state index in [2.05, 4.69) is 20.9 Å². The van der Waals surface area contributed by atoms with Gasteiger partial charge in [0.2, 0.25) is 10.4 Å². The van der Waals surface area contributed by atoms with Gasteiger partial charge in [0.1, 0.15) is 0 Å². The number of rotatable bonds is 1. The van der Waals surface area contributed by atoms with E-state index in [1.165, 1.54) is 11.6 Å². The summed E-state index contributed by atoms with van der Waals surface area (Å²) in [6.07, 6.45) is 0. The first-order valence-electron chi connectivity index (χ1n) is 2.66. The van der Waals surface area contributed by atoms with Gasteiger partial charge in [-0.1, -0.05) is 4.98 Å². The SMILES string of the molecule is Cn1c([N+](=O)[O-])nc(Br)c1N. The van der Waals surface area contributed by atoms with Crippen molar-refractivity contribution in [1.29, 1.82) is 0 Å². The number of nitrogens with zero attached hydrogens (tertiary/aromatic N) is 3. The van der Waals surface area contributed by atoms with Crippen LogP contribution in [0.5, 0.6) is 0 Å². The van der Waals surface area contributed by atoms with Crippen LogP contribution in [0.15, 0.2) is 4.60 Å². The predicted octanol–water partition coefficient (Wildman–Crippen LogP) is 0.673. The van der Waals surface area contributed by atoms with Crippen LogP contribution in [0.3, 0.4) is 0 Å². The highest BCUT2D eigenvalue weighted by Gasteiger charge is 2.20. The highest BCUT2D eigenvalue weighted by molar-refractivity contribution is 9.10. The molecule has 11 heavy (non-hydrogen) atoms. The van der Waals surface area contributed by atoms with Gasteiger partial charge in [0, 0.05) is 0 Å². The van der Waals surface area contributed by atoms with Crippen molar-refractivity contribution in [3.05, 3.63) is 14.7 Å². The highest BCUT2D eigenvalue weighted by atomic mass is 79.9. The first kappa shape index (κ1) is 7.99. The number of nitrogen functional groups attached to an aromatic ring is 1. The lowest BCUT2D eigenvalue weighted by Crippen LogP contribution is -2.01. The smallest absolute Gasteiger partial charge is 0.390 e. The van der Waals surface area contributed by atoms with Gasteiger partial charge in [-0.3, -0.25) is 0 Å². The molecule has 0 saturated carbocycles. The number of hydrogen-bond donors (Lipinski definition) is 1. The molecule has 6 nitrogen and oxygen atoms in total. The molecule has 0 amide bonds. The summed E-state index contributed by atoms with van der Waals surface area (Å²) in [4.78, 5) is 13.2. The standard InChI is InChI=1S/C4H5BrN4O2/c1-8-3(6)2(5)7-4(8)9(10)11/h6H2,1H3. The van der Waals surface area contributed by atoms with E-state index in [1.807, 2.05) is 0 Å². The van der Waals surface area contributed by atoms with E-state index in [0.29, 0.717) is 4.60 Å². The third-order valence-corrected chi connectivity index (χ3v) is 1.82. The Morgan fingerprint density at radius 3 is 2.55 bits per heavy atom. The minimum atomic E-state index is -0.596. The zero-order valence-electron chi connectivity index (χ0n) is 5.61. The number of aromatic nitrogens is 2. The molecule has 0 radical (unpaired) electrons. The van der Waals surface area contributed by atoms with Crippen LogP contribution in [-0.2, 0) is 7.05 Å². The van der Waals surface area contributed by atoms with Crippen LogP contribution in [0.4, 0.5) is 11.8 Å². The average Bonchev–Trinajstić information content (AvgIpc) is 2.17. The Kier molecular flexibility index (Phi) is 1.81. The van der Waals surface area contributed by atoms with E-state index >= 15 is 0 Å². The Hall–Kier alpha value is -1.11. The molecule has 0 spiro atoms. The van der Waals surface area contributed by atoms with Crippen LogP contribution in [-0.4, -0.2) is 14.5 Å². The lowest BCUT2D eigenvalue weighted by molar-refractivity contribution is -0.396. The molecule has 7 heteroatoms. The van der Waals surface area contributed by atoms with Gasteiger partial charge in [0.25, 0.3) is 0 Å². The maximum absolute atomic E-state index is 10.2. The number of hydrogen-bond acceptors (Lipinski definition) is 4. The van der Waals surface area contributed by atoms with Crippen LogP contribution in [0.1, 0.15) is 0 Å². The summed E-state index contributed by atoms with van der Waals surface area (Å²) in [6, 6.07) is 0. The van der Waals surface area contributed by atoms with Crippen molar-refractivity contribution in [3.8, 4) is 0 Å². The van der Waals surface area contributed by atoms with Crippen LogP contribution in [0, 0.1) is 10.1 Å². The van der Waals surface area contributed by atoms with Crippen molar-refractivity contribution in [2.45, 2.75) is 0 Å². The molecule has 1 heterocycles. The van der Waals surface area contributed by atoms with Gasteiger partial charge in [-0.25, -0.2) is 4.57 Å². The molecule has 60 valence electrons. The van der Waals surface area contributed by atoms with Crippen LogP contribution in [0.2, 0.25) is 0 Å². The number of halogens is 1. The maximum atomic E-state index is 10.2. The zero-order chi connectivity index (χ0) is 8.59. The Labute approximate surface area is 70.3 Å². The molecule has 1 rings (SSSR count). The van der Waals surface area contributed by atoms with Gasteiger partial charge in [-0.15, -0.1) is 0 Å². The molecule has 0 atom stereocenters. The highest BCUT2D eigenvalue weighted by Crippen LogP contribution is 2.22. The molecule has 0 aliphatic carbocycles. The second kappa shape index (κ2) is 2.50. The van der Waals surface area contributed by atoms with Gasteiger partial charge >= 0.3 is 5.95 Å². The fourth-order valence-electron chi connectivity index (χ4n) is 0.629. The molecule has 0 aromatic carbocycles. The zero-order valence-corrected chi connectivity index (χ0v) is 7.20. The summed E-state index contributed by atoms with van der Waals surface area (Å²) in [7, 11) is 1.48. The minimum absolute atomic E-state index is 0.247. The Morgan fingerprint density at radius 1 is 1.82 bits per heavy atom. The van der Waals surface area contributed by atoms with Crippen molar-refractivity contribution in [3.63, 3.8) is 0 Å². The molecule has 0 aliphatic heterocycles. The summed E-state index contributed by atoms with van der Waals surface area (Å²) in [5.74, 6) is -0.0222. The first-order valence-corrected chi connectivity index (χ1v) is 3.45. The molecule has 0 bridgehead atoms. The predicted molar refractivity (Wildman–Crippen MR) is 42.0 cm³/mol. The Morgan fingerprint density at radius 2 is 2.36 bits per heavy atom. The normalized spacial score (nSPS) is 10.0. The summed E-state index contributed by atoms with van der Waals surface area (Å²) < 4.78 is 1.50. The molecule has 2 N–H and O–H groups in total. The monoisotopic (exact) mass is 220 g/mol. The van der Waals surface area contributed by atoms with Crippen LogP contribution < -0.4 is 5.73 Å². The lowest BCUT2D eigenvalue weighted by Gasteiger charge is -1.92. The molecule has 0 aliphatic rings. The van der Waals surface area contributed by atoms with Gasteiger partial charge in [0.05, 0.1) is 7.05 Å². The van der Waals surface area contributed by atoms with Crippen LogP contribution in [0.25, 0.3) is 0 Å².